The van der Waals surface area contributed by atoms with Crippen LogP contribution in [0.3, 0.4) is 0 Å². The fraction of sp³-hybridized carbons (Fsp3) is 0.500. The van der Waals surface area contributed by atoms with Crippen LogP contribution in [0.1, 0.15) is 19.3 Å². The molecule has 0 spiro atoms. The van der Waals surface area contributed by atoms with Crippen LogP contribution in [0.25, 0.3) is 0 Å². The van der Waals surface area contributed by atoms with Gasteiger partial charge in [0.15, 0.2) is 0 Å². The third-order valence-electron chi connectivity index (χ3n) is 3.29. The molecule has 1 nitrogen and oxygen atoms in total. The number of hydrogen-bond acceptors (Lipinski definition) is 1. The first-order chi connectivity index (χ1) is 6.45. The van der Waals surface area contributed by atoms with E-state index in [0.29, 0.717) is 17.9 Å². The van der Waals surface area contributed by atoms with Crippen molar-refractivity contribution in [2.45, 2.75) is 25.4 Å². The van der Waals surface area contributed by atoms with Gasteiger partial charge >= 0.3 is 0 Å². The second-order valence-corrected chi connectivity index (χ2v) is 4.07. The molecule has 3 atom stereocenters. The molecule has 1 saturated heterocycles. The Hall–Kier alpha value is -0.980. The minimum atomic E-state index is 0.333. The van der Waals surface area contributed by atoms with Crippen LogP contribution in [-0.4, -0.2) is 6.10 Å². The van der Waals surface area contributed by atoms with Crippen LogP contribution in [0, 0.1) is 11.8 Å². The molecule has 0 bridgehead atoms. The highest BCUT2D eigenvalue weighted by Crippen LogP contribution is 2.43. The second-order valence-electron chi connectivity index (χ2n) is 4.07. The van der Waals surface area contributed by atoms with Gasteiger partial charge < -0.3 is 4.74 Å². The van der Waals surface area contributed by atoms with Crippen molar-refractivity contribution in [1.29, 1.82) is 0 Å². The fourth-order valence-corrected chi connectivity index (χ4v) is 2.64. The maximum absolute atomic E-state index is 5.89. The lowest BCUT2D eigenvalue weighted by Crippen LogP contribution is -2.18. The lowest BCUT2D eigenvalue weighted by atomic mass is 9.81. The highest BCUT2D eigenvalue weighted by molar-refractivity contribution is 5.25. The first-order valence-corrected chi connectivity index (χ1v) is 5.17. The molecule has 0 radical (unpaired) electrons. The topological polar surface area (TPSA) is 9.23 Å². The number of fused-ring (bicyclic) bond motifs is 3. The van der Waals surface area contributed by atoms with Crippen molar-refractivity contribution in [1.82, 2.24) is 0 Å². The van der Waals surface area contributed by atoms with E-state index in [1.807, 2.05) is 0 Å². The Labute approximate surface area is 78.8 Å². The first kappa shape index (κ1) is 7.43. The predicted octanol–water partition coefficient (Wildman–Crippen LogP) is 2.81. The first-order valence-electron chi connectivity index (χ1n) is 5.17. The Morgan fingerprint density at radius 2 is 2.15 bits per heavy atom. The van der Waals surface area contributed by atoms with E-state index >= 15 is 0 Å². The van der Waals surface area contributed by atoms with E-state index in [1.54, 1.807) is 0 Å². The maximum atomic E-state index is 5.89. The zero-order chi connectivity index (χ0) is 8.67. The minimum Gasteiger partial charge on any atom is -0.490 e. The molecule has 3 aliphatic rings. The average molecular weight is 174 g/mol. The highest BCUT2D eigenvalue weighted by Gasteiger charge is 2.39. The summed E-state index contributed by atoms with van der Waals surface area (Å²) in [6.45, 7) is 0. The normalized spacial score (nSPS) is 40.6. The quantitative estimate of drug-likeness (QED) is 0.548. The summed E-state index contributed by atoms with van der Waals surface area (Å²) in [7, 11) is 0. The second kappa shape index (κ2) is 2.76. The maximum Gasteiger partial charge on any atom is 0.124 e. The summed E-state index contributed by atoms with van der Waals surface area (Å²) >= 11 is 0. The van der Waals surface area contributed by atoms with Gasteiger partial charge in [0.25, 0.3) is 0 Å². The van der Waals surface area contributed by atoms with E-state index in [0.717, 1.165) is 0 Å². The van der Waals surface area contributed by atoms with Crippen LogP contribution < -0.4 is 0 Å². The molecule has 0 N–H and O–H groups in total. The lowest BCUT2D eigenvalue weighted by Gasteiger charge is -2.19. The van der Waals surface area contributed by atoms with Gasteiger partial charge in [-0.05, 0) is 31.4 Å². The van der Waals surface area contributed by atoms with Gasteiger partial charge in [-0.15, -0.1) is 0 Å². The van der Waals surface area contributed by atoms with Crippen LogP contribution in [0.2, 0.25) is 0 Å². The third kappa shape index (κ3) is 1.06. The number of allylic oxidation sites excluding steroid dienone is 4. The summed E-state index contributed by atoms with van der Waals surface area (Å²) in [4.78, 5) is 0. The van der Waals surface area contributed by atoms with Gasteiger partial charge in [-0.25, -0.2) is 0 Å². The largest absolute Gasteiger partial charge is 0.490 e. The summed E-state index contributed by atoms with van der Waals surface area (Å²) in [6, 6.07) is 0. The molecule has 1 fully saturated rings. The van der Waals surface area contributed by atoms with Gasteiger partial charge in [0.05, 0.1) is 5.76 Å². The number of hydrogen-bond donors (Lipinski definition) is 0. The van der Waals surface area contributed by atoms with E-state index in [-0.39, 0.29) is 0 Å². The Balaban J connectivity index is 1.95. The van der Waals surface area contributed by atoms with Gasteiger partial charge in [-0.2, -0.15) is 0 Å². The van der Waals surface area contributed by atoms with Crippen molar-refractivity contribution in [2.75, 3.05) is 0 Å². The molecule has 2 aliphatic carbocycles. The molecule has 13 heavy (non-hydrogen) atoms. The SMILES string of the molecule is C1=CC2OC3=CCCCC3C2C=C1. The smallest absolute Gasteiger partial charge is 0.124 e. The van der Waals surface area contributed by atoms with Crippen molar-refractivity contribution < 1.29 is 4.74 Å². The predicted molar refractivity (Wildman–Crippen MR) is 52.1 cm³/mol. The lowest BCUT2D eigenvalue weighted by molar-refractivity contribution is 0.183. The summed E-state index contributed by atoms with van der Waals surface area (Å²) < 4.78 is 5.89. The number of ether oxygens (including phenoxy) is 1. The van der Waals surface area contributed by atoms with Crippen molar-refractivity contribution in [2.24, 2.45) is 11.8 Å². The van der Waals surface area contributed by atoms with Crippen molar-refractivity contribution in [3.05, 3.63) is 36.1 Å². The standard InChI is InChI=1S/C12H14O/c1-3-7-11-9(5-1)10-6-2-4-8-12(10)13-11/h1,3,5,7-11H,2,4,6H2. The summed E-state index contributed by atoms with van der Waals surface area (Å²) in [5.74, 6) is 2.56. The van der Waals surface area contributed by atoms with Gasteiger partial charge in [-0.3, -0.25) is 0 Å². The van der Waals surface area contributed by atoms with Gasteiger partial charge in [-0.1, -0.05) is 18.2 Å². The summed E-state index contributed by atoms with van der Waals surface area (Å²) in [6.07, 6.45) is 15.2. The van der Waals surface area contributed by atoms with Crippen LogP contribution in [-0.2, 0) is 4.74 Å². The molecule has 0 amide bonds. The molecule has 0 aromatic carbocycles. The van der Waals surface area contributed by atoms with Crippen molar-refractivity contribution >= 4 is 0 Å². The molecule has 0 aromatic heterocycles. The zero-order valence-electron chi connectivity index (χ0n) is 7.65. The molecule has 1 aliphatic heterocycles. The van der Waals surface area contributed by atoms with E-state index in [1.165, 1.54) is 25.0 Å². The Bertz CT molecular complexity index is 298. The molecule has 3 rings (SSSR count). The highest BCUT2D eigenvalue weighted by atomic mass is 16.5. The zero-order valence-corrected chi connectivity index (χ0v) is 7.65. The molecule has 1 heterocycles. The Morgan fingerprint density at radius 1 is 1.23 bits per heavy atom. The monoisotopic (exact) mass is 174 g/mol. The Morgan fingerprint density at radius 3 is 3.15 bits per heavy atom. The van der Waals surface area contributed by atoms with Crippen molar-refractivity contribution in [3.8, 4) is 0 Å². The van der Waals surface area contributed by atoms with E-state index < -0.39 is 0 Å². The van der Waals surface area contributed by atoms with Crippen LogP contribution >= 0.6 is 0 Å². The molecule has 1 heteroatoms. The number of rotatable bonds is 0. The van der Waals surface area contributed by atoms with Crippen LogP contribution in [0.15, 0.2) is 36.1 Å². The van der Waals surface area contributed by atoms with Crippen LogP contribution in [0.4, 0.5) is 0 Å². The average Bonchev–Trinajstić information content (AvgIpc) is 2.56. The fourth-order valence-electron chi connectivity index (χ4n) is 2.64. The molecule has 0 saturated carbocycles. The molecular formula is C12H14O. The molecule has 68 valence electrons. The Kier molecular flexibility index (Phi) is 1.58. The van der Waals surface area contributed by atoms with Gasteiger partial charge in [0.2, 0.25) is 0 Å². The van der Waals surface area contributed by atoms with E-state index in [4.69, 9.17) is 4.74 Å². The van der Waals surface area contributed by atoms with Crippen LogP contribution in [0.5, 0.6) is 0 Å². The third-order valence-corrected chi connectivity index (χ3v) is 3.29. The van der Waals surface area contributed by atoms with Crippen molar-refractivity contribution in [3.63, 3.8) is 0 Å². The van der Waals surface area contributed by atoms with E-state index in [2.05, 4.69) is 30.4 Å². The van der Waals surface area contributed by atoms with Gasteiger partial charge in [0.1, 0.15) is 6.10 Å². The van der Waals surface area contributed by atoms with E-state index in [9.17, 15) is 0 Å². The molecule has 0 aromatic rings. The summed E-state index contributed by atoms with van der Waals surface area (Å²) in [5.41, 5.74) is 0. The molecule has 3 unspecified atom stereocenters. The molecular weight excluding hydrogens is 160 g/mol. The minimum absolute atomic E-state index is 0.333. The summed E-state index contributed by atoms with van der Waals surface area (Å²) in [5, 5.41) is 0. The van der Waals surface area contributed by atoms with Gasteiger partial charge in [0, 0.05) is 11.8 Å².